The molecule has 2 aromatic carbocycles. The van der Waals surface area contributed by atoms with Crippen LogP contribution in [0, 0.1) is 56.6 Å². The summed E-state index contributed by atoms with van der Waals surface area (Å²) in [6, 6.07) is 11.0. The number of nitriles is 1. The van der Waals surface area contributed by atoms with Gasteiger partial charge in [0.25, 0.3) is 0 Å². The number of halogens is 1. The van der Waals surface area contributed by atoms with E-state index < -0.39 is 102 Å². The molecule has 82 heavy (non-hydrogen) atoms. The Morgan fingerprint density at radius 1 is 0.963 bits per heavy atom. The molecule has 450 valence electrons. The number of nitroso groups, excluding NO2 is 2. The maximum Gasteiger partial charge on any atom is 0.414 e. The van der Waals surface area contributed by atoms with Gasteiger partial charge in [0, 0.05) is 50.8 Å². The van der Waals surface area contributed by atoms with Gasteiger partial charge in [-0.25, -0.2) is 13.9 Å². The number of rotatable bonds is 15. The van der Waals surface area contributed by atoms with Crippen molar-refractivity contribution in [2.45, 2.75) is 204 Å². The Labute approximate surface area is 481 Å². The predicted octanol–water partition coefficient (Wildman–Crippen LogP) is 7.70. The monoisotopic (exact) mass is 1140 g/mol. The van der Waals surface area contributed by atoms with E-state index in [2.05, 4.69) is 33.7 Å². The molecule has 20 atom stereocenters. The van der Waals surface area contributed by atoms with Crippen molar-refractivity contribution < 1.29 is 52.6 Å². The number of ether oxygens (including phenoxy) is 6. The Hall–Kier alpha value is -5.22. The molecule has 5 fully saturated rings. The summed E-state index contributed by atoms with van der Waals surface area (Å²) in [7, 11) is 5.31. The summed E-state index contributed by atoms with van der Waals surface area (Å²) in [6.07, 6.45) is -2.68. The number of fused-ring (bicyclic) bond motifs is 1. The van der Waals surface area contributed by atoms with Gasteiger partial charge < -0.3 is 43.5 Å². The highest BCUT2D eigenvalue weighted by Gasteiger charge is 2.58. The Morgan fingerprint density at radius 2 is 1.68 bits per heavy atom. The lowest BCUT2D eigenvalue weighted by atomic mass is 9.67. The van der Waals surface area contributed by atoms with Crippen molar-refractivity contribution in [1.29, 1.82) is 5.26 Å². The topological polar surface area (TPSA) is 253 Å². The summed E-state index contributed by atoms with van der Waals surface area (Å²) in [5.74, 6) is -2.20. The van der Waals surface area contributed by atoms with Gasteiger partial charge in [-0.15, -0.1) is 5.10 Å². The molecule has 5 aliphatic rings. The highest BCUT2D eigenvalue weighted by Crippen LogP contribution is 2.52. The van der Waals surface area contributed by atoms with Crippen LogP contribution < -0.4 is 4.90 Å². The SMILES string of the molecule is CC[C@H]1OC2CC2[C@H](C)[C@@H](C2C[C@@](C)(OC)[C@@H](O)C(C)O2)[C@H](C)[C@@H](O[C@@H]2O[C@H](C)C[C@H](N(C)CCc3cn(C[C@H]4CN(c5ccc(-c6ccc(C#N)cc6)c(F)c5)C(=O)O4)nn3)[C@H]2N=O)[C@](C)(N=O)C[C@@H](C)CN(C)[C@H](C)C(=O)[C@]1(C)O. The highest BCUT2D eigenvalue weighted by atomic mass is 19.1. The largest absolute Gasteiger partial charge is 0.442 e. The number of cyclic esters (lactones) is 1. The second-order valence-electron chi connectivity index (χ2n) is 25.1. The number of carbonyl (C=O) groups is 2. The van der Waals surface area contributed by atoms with Gasteiger partial charge in [-0.05, 0) is 147 Å². The van der Waals surface area contributed by atoms with Crippen LogP contribution in [-0.4, -0.2) is 178 Å². The first-order valence-electron chi connectivity index (χ1n) is 29.2. The fourth-order valence-electron chi connectivity index (χ4n) is 14.0. The lowest BCUT2D eigenvalue weighted by Gasteiger charge is -2.51. The number of amides is 1. The number of anilines is 1. The van der Waals surface area contributed by atoms with Crippen LogP contribution in [0.15, 0.2) is 59.0 Å². The van der Waals surface area contributed by atoms with Gasteiger partial charge in [0.1, 0.15) is 29.2 Å². The van der Waals surface area contributed by atoms with E-state index in [0.717, 1.165) is 0 Å². The van der Waals surface area contributed by atoms with Gasteiger partial charge in [-0.3, -0.25) is 14.6 Å². The van der Waals surface area contributed by atoms with Crippen LogP contribution in [0.5, 0.6) is 0 Å². The van der Waals surface area contributed by atoms with Crippen LogP contribution in [0.3, 0.4) is 0 Å². The van der Waals surface area contributed by atoms with Crippen LogP contribution in [0.2, 0.25) is 0 Å². The Morgan fingerprint density at radius 3 is 2.33 bits per heavy atom. The number of likely N-dealkylation sites (N-methyl/N-ethyl adjacent to an activating group) is 2. The number of benzene rings is 2. The molecule has 1 amide bonds. The third kappa shape index (κ3) is 13.2. The molecule has 21 nitrogen and oxygen atoms in total. The first-order valence-corrected chi connectivity index (χ1v) is 29.2. The highest BCUT2D eigenvalue weighted by molar-refractivity contribution is 5.92. The molecule has 1 aliphatic carbocycles. The smallest absolute Gasteiger partial charge is 0.414 e. The first kappa shape index (κ1) is 62.8. The summed E-state index contributed by atoms with van der Waals surface area (Å²) in [5.41, 5.74) is -1.81. The van der Waals surface area contributed by atoms with Crippen LogP contribution >= 0.6 is 0 Å². The molecule has 5 heterocycles. The van der Waals surface area contributed by atoms with Gasteiger partial charge in [-0.2, -0.15) is 15.1 Å². The van der Waals surface area contributed by atoms with Gasteiger partial charge >= 0.3 is 6.09 Å². The van der Waals surface area contributed by atoms with Gasteiger partial charge in [0.15, 0.2) is 18.1 Å². The lowest BCUT2D eigenvalue weighted by Crippen LogP contribution is -2.61. The maximum atomic E-state index is 15.4. The van der Waals surface area contributed by atoms with E-state index >= 15 is 4.39 Å². The number of aromatic nitrogens is 3. The minimum atomic E-state index is -1.77. The molecule has 3 aromatic rings. The molecule has 0 radical (unpaired) electrons. The number of carbonyl (C=O) groups excluding carboxylic acids is 2. The van der Waals surface area contributed by atoms with Crippen molar-refractivity contribution in [1.82, 2.24) is 24.8 Å². The molecule has 4 unspecified atom stereocenters. The molecule has 0 bridgehead atoms. The zero-order valence-corrected chi connectivity index (χ0v) is 49.9. The van der Waals surface area contributed by atoms with E-state index in [-0.39, 0.29) is 55.1 Å². The Bertz CT molecular complexity index is 2770. The van der Waals surface area contributed by atoms with Crippen molar-refractivity contribution >= 4 is 17.6 Å². The van der Waals surface area contributed by atoms with E-state index in [9.17, 15) is 29.6 Å². The molecule has 4 saturated heterocycles. The lowest BCUT2D eigenvalue weighted by molar-refractivity contribution is -0.264. The number of Topliss-reactive ketones (excluding diaryl/α,β-unsaturated/α-hetero) is 1. The molecule has 1 saturated carbocycles. The zero-order valence-electron chi connectivity index (χ0n) is 49.9. The Balaban J connectivity index is 1.01. The first-order chi connectivity index (χ1) is 38.8. The van der Waals surface area contributed by atoms with Crippen molar-refractivity contribution in [3.63, 3.8) is 0 Å². The summed E-state index contributed by atoms with van der Waals surface area (Å²) in [4.78, 5) is 59.8. The van der Waals surface area contributed by atoms with E-state index in [4.69, 9.17) is 33.7 Å². The minimum absolute atomic E-state index is 0.0418. The maximum absolute atomic E-state index is 15.4. The number of hydrogen-bond acceptors (Lipinski definition) is 19. The molecular formula is C60H86FN9O12. The normalized spacial score (nSPS) is 38.9. The number of aliphatic hydroxyl groups excluding tert-OH is 1. The van der Waals surface area contributed by atoms with Crippen LogP contribution in [0.1, 0.15) is 113 Å². The average molecular weight is 1140 g/mol. The van der Waals surface area contributed by atoms with E-state index in [0.29, 0.717) is 73.3 Å². The van der Waals surface area contributed by atoms with Crippen molar-refractivity contribution in [2.75, 3.05) is 45.7 Å². The predicted molar refractivity (Wildman–Crippen MR) is 303 cm³/mol. The van der Waals surface area contributed by atoms with E-state index in [1.54, 1.807) is 75.2 Å². The van der Waals surface area contributed by atoms with Gasteiger partial charge in [-0.1, -0.05) is 55.4 Å². The molecular weight excluding hydrogens is 1060 g/mol. The van der Waals surface area contributed by atoms with Crippen LogP contribution in [0.25, 0.3) is 11.1 Å². The summed E-state index contributed by atoms with van der Waals surface area (Å²) < 4.78 is 56.1. The third-order valence-corrected chi connectivity index (χ3v) is 18.9. The molecule has 22 heteroatoms. The number of aliphatic hydroxyl groups is 2. The van der Waals surface area contributed by atoms with E-state index in [1.807, 2.05) is 65.4 Å². The fourth-order valence-corrected chi connectivity index (χ4v) is 14.0. The van der Waals surface area contributed by atoms with Crippen LogP contribution in [-0.2, 0) is 46.2 Å². The number of ketones is 1. The molecule has 1 aromatic heterocycles. The molecule has 0 spiro atoms. The number of hydrogen-bond donors (Lipinski definition) is 2. The van der Waals surface area contributed by atoms with Crippen molar-refractivity contribution in [3.05, 3.63) is 75.6 Å². The summed E-state index contributed by atoms with van der Waals surface area (Å²) >= 11 is 0. The Kier molecular flexibility index (Phi) is 19.6. The number of methoxy groups -OCH3 is 1. The van der Waals surface area contributed by atoms with Crippen LogP contribution in [0.4, 0.5) is 14.9 Å². The third-order valence-electron chi connectivity index (χ3n) is 18.9. The standard InChI is InChI=1S/C60H86FN9O12/c1-14-50-60(10,74)53(71)37(6)68(12)29-33(2)26-58(8,65-76)55(36(5)51(35(4)45-25-48(45)81-50)49-27-59(9,77-13)54(72)38(7)79-49)82-56-52(64-75)47(23-34(3)78-56)67(11)22-21-41-30-69(66-63-41)31-43-32-70(57(73)80-43)42-19-20-44(46(61)24-42)40-17-15-39(28-62)16-18-40/h15-20,24,30,33-38,43,45,47-52,54-56,72,74H,14,21-23,25-27,29,31-32H2,1-13H3/t33-,34-,35+,36+,37-,38?,43+,45?,47+,48?,49?,50-,51-,52-,54+,55-,56+,58-,59-,60-/m1/s1. The van der Waals surface area contributed by atoms with Crippen molar-refractivity contribution in [3.8, 4) is 17.2 Å². The average Bonchev–Trinajstić information content (AvgIpc) is 3.66. The van der Waals surface area contributed by atoms with Crippen molar-refractivity contribution in [2.24, 2.45) is 39.9 Å². The van der Waals surface area contributed by atoms with Gasteiger partial charge in [0.2, 0.25) is 0 Å². The summed E-state index contributed by atoms with van der Waals surface area (Å²) in [6.45, 7) is 19.9. The fraction of sp³-hybridized carbons (Fsp3) is 0.717. The second-order valence-corrected chi connectivity index (χ2v) is 25.1. The van der Waals surface area contributed by atoms with Gasteiger partial charge in [0.05, 0.1) is 84.4 Å². The zero-order chi connectivity index (χ0) is 59.7. The number of nitrogens with zero attached hydrogens (tertiary/aromatic N) is 9. The second kappa shape index (κ2) is 25.6. The molecule has 8 rings (SSSR count). The van der Waals surface area contributed by atoms with E-state index in [1.165, 1.54) is 11.0 Å². The quantitative estimate of drug-likeness (QED) is 0.138. The molecule has 2 N–H and O–H groups in total. The summed E-state index contributed by atoms with van der Waals surface area (Å²) in [5, 5.41) is 48.9. The molecule has 4 aliphatic heterocycles. The minimum Gasteiger partial charge on any atom is -0.442 e.